The number of aromatic amines is 1. The topological polar surface area (TPSA) is 68.0 Å². The summed E-state index contributed by atoms with van der Waals surface area (Å²) >= 11 is 0. The molecule has 0 aliphatic carbocycles. The van der Waals surface area contributed by atoms with E-state index in [9.17, 15) is 0 Å². The minimum absolute atomic E-state index is 0.844. The Morgan fingerprint density at radius 1 is 1.06 bits per heavy atom. The van der Waals surface area contributed by atoms with E-state index in [1.165, 1.54) is 38.5 Å². The zero-order chi connectivity index (χ0) is 11.8. The lowest BCUT2D eigenvalue weighted by atomic mass is 10.1. The maximum Gasteiger partial charge on any atom is 0.218 e. The van der Waals surface area contributed by atoms with Gasteiger partial charge in [-0.15, -0.1) is 0 Å². The summed E-state index contributed by atoms with van der Waals surface area (Å²) in [6.45, 7) is 1.93. The number of hydrazine groups is 3. The molecule has 0 spiro atoms. The summed E-state index contributed by atoms with van der Waals surface area (Å²) in [5.74, 6) is 0.844. The van der Waals surface area contributed by atoms with Crippen LogP contribution in [0.4, 0.5) is 5.95 Å². The highest BCUT2D eigenvalue weighted by atomic mass is 15.8. The molecule has 0 amide bonds. The SMILES string of the molecule is c1c[nH]c(N2CCCCCCCCNNN2)n1. The molecule has 1 aromatic heterocycles. The summed E-state index contributed by atoms with van der Waals surface area (Å²) in [5.41, 5.74) is 9.28. The Balaban J connectivity index is 1.84. The minimum atomic E-state index is 0.844. The Hall–Kier alpha value is -1.11. The van der Waals surface area contributed by atoms with E-state index in [0.717, 1.165) is 19.0 Å². The normalized spacial score (nSPS) is 20.6. The molecular formula is C11H22N6. The van der Waals surface area contributed by atoms with Gasteiger partial charge in [0.25, 0.3) is 0 Å². The van der Waals surface area contributed by atoms with Crippen LogP contribution in [0.1, 0.15) is 38.5 Å². The van der Waals surface area contributed by atoms with Crippen molar-refractivity contribution < 1.29 is 0 Å². The summed E-state index contributed by atoms with van der Waals surface area (Å²) in [6.07, 6.45) is 11.3. The van der Waals surface area contributed by atoms with Crippen molar-refractivity contribution in [2.24, 2.45) is 0 Å². The first kappa shape index (κ1) is 12.3. The van der Waals surface area contributed by atoms with E-state index in [2.05, 4.69) is 26.5 Å². The van der Waals surface area contributed by atoms with Crippen LogP contribution >= 0.6 is 0 Å². The Morgan fingerprint density at radius 3 is 2.71 bits per heavy atom. The van der Waals surface area contributed by atoms with Crippen molar-refractivity contribution in [2.45, 2.75) is 38.5 Å². The molecule has 2 rings (SSSR count). The Kier molecular flexibility index (Phi) is 5.28. The summed E-state index contributed by atoms with van der Waals surface area (Å²) < 4.78 is 0. The smallest absolute Gasteiger partial charge is 0.218 e. The molecule has 6 heteroatoms. The fourth-order valence-electron chi connectivity index (χ4n) is 1.98. The van der Waals surface area contributed by atoms with E-state index < -0.39 is 0 Å². The summed E-state index contributed by atoms with van der Waals surface area (Å²) in [4.78, 5) is 7.35. The van der Waals surface area contributed by atoms with Crippen LogP contribution in [-0.4, -0.2) is 23.1 Å². The average molecular weight is 238 g/mol. The molecule has 4 N–H and O–H groups in total. The van der Waals surface area contributed by atoms with E-state index in [4.69, 9.17) is 0 Å². The largest absolute Gasteiger partial charge is 0.330 e. The molecule has 1 aromatic rings. The molecule has 0 saturated carbocycles. The van der Waals surface area contributed by atoms with Crippen molar-refractivity contribution >= 4 is 5.95 Å². The van der Waals surface area contributed by atoms with Crippen LogP contribution in [0.2, 0.25) is 0 Å². The fraction of sp³-hybridized carbons (Fsp3) is 0.727. The molecule has 2 heterocycles. The van der Waals surface area contributed by atoms with Crippen molar-refractivity contribution in [3.05, 3.63) is 12.4 Å². The number of hydrogen-bond donors (Lipinski definition) is 4. The van der Waals surface area contributed by atoms with Gasteiger partial charge in [-0.25, -0.2) is 10.4 Å². The first-order chi connectivity index (χ1) is 8.47. The third kappa shape index (κ3) is 4.33. The summed E-state index contributed by atoms with van der Waals surface area (Å²) in [6, 6.07) is 0. The Bertz CT molecular complexity index is 274. The predicted octanol–water partition coefficient (Wildman–Crippen LogP) is 1.08. The van der Waals surface area contributed by atoms with Crippen LogP contribution in [-0.2, 0) is 0 Å². The van der Waals surface area contributed by atoms with Crippen molar-refractivity contribution in [1.29, 1.82) is 0 Å². The molecule has 17 heavy (non-hydrogen) atoms. The summed E-state index contributed by atoms with van der Waals surface area (Å²) in [7, 11) is 0. The van der Waals surface area contributed by atoms with Crippen LogP contribution in [0.3, 0.4) is 0 Å². The van der Waals surface area contributed by atoms with E-state index in [1.54, 1.807) is 6.20 Å². The highest BCUT2D eigenvalue weighted by Gasteiger charge is 2.07. The van der Waals surface area contributed by atoms with Crippen molar-refractivity contribution in [3.8, 4) is 0 Å². The number of anilines is 1. The molecule has 0 unspecified atom stereocenters. The number of rotatable bonds is 1. The quantitative estimate of drug-likeness (QED) is 0.589. The van der Waals surface area contributed by atoms with Crippen LogP contribution in [0.15, 0.2) is 12.4 Å². The number of nitrogens with one attached hydrogen (secondary N) is 4. The van der Waals surface area contributed by atoms with Gasteiger partial charge in [0.1, 0.15) is 0 Å². The van der Waals surface area contributed by atoms with E-state index >= 15 is 0 Å². The maximum atomic E-state index is 4.25. The number of nitrogens with zero attached hydrogens (tertiary/aromatic N) is 2. The highest BCUT2D eigenvalue weighted by molar-refractivity contribution is 5.25. The van der Waals surface area contributed by atoms with Gasteiger partial charge in [0.15, 0.2) is 0 Å². The van der Waals surface area contributed by atoms with Crippen molar-refractivity contribution in [2.75, 3.05) is 18.1 Å². The molecule has 1 fully saturated rings. The fourth-order valence-corrected chi connectivity index (χ4v) is 1.98. The third-order valence-electron chi connectivity index (χ3n) is 2.95. The van der Waals surface area contributed by atoms with Gasteiger partial charge < -0.3 is 4.98 Å². The molecular weight excluding hydrogens is 216 g/mol. The second-order valence-electron chi connectivity index (χ2n) is 4.35. The van der Waals surface area contributed by atoms with Crippen molar-refractivity contribution in [1.82, 2.24) is 26.5 Å². The van der Waals surface area contributed by atoms with Crippen LogP contribution in [0.5, 0.6) is 0 Å². The molecule has 0 aromatic carbocycles. The highest BCUT2D eigenvalue weighted by Crippen LogP contribution is 2.08. The lowest BCUT2D eigenvalue weighted by Crippen LogP contribution is -2.54. The maximum absolute atomic E-state index is 4.25. The van der Waals surface area contributed by atoms with Crippen LogP contribution < -0.4 is 21.5 Å². The Labute approximate surface area is 102 Å². The van der Waals surface area contributed by atoms with Gasteiger partial charge >= 0.3 is 0 Å². The van der Waals surface area contributed by atoms with E-state index in [-0.39, 0.29) is 0 Å². The standard InChI is InChI=1S/C11H22N6/c1-2-4-6-10-17(11-12-8-9-13-11)16-15-14-7-5-3-1/h8-9,14-16H,1-7,10H2,(H,12,13). The lowest BCUT2D eigenvalue weighted by Gasteiger charge is -2.23. The van der Waals surface area contributed by atoms with Gasteiger partial charge in [-0.05, 0) is 12.8 Å². The molecule has 6 nitrogen and oxygen atoms in total. The second kappa shape index (κ2) is 7.26. The van der Waals surface area contributed by atoms with Crippen molar-refractivity contribution in [3.63, 3.8) is 0 Å². The predicted molar refractivity (Wildman–Crippen MR) is 67.9 cm³/mol. The Morgan fingerprint density at radius 2 is 1.88 bits per heavy atom. The zero-order valence-electron chi connectivity index (χ0n) is 10.2. The van der Waals surface area contributed by atoms with Gasteiger partial charge in [-0.2, -0.15) is 11.1 Å². The first-order valence-electron chi connectivity index (χ1n) is 6.47. The zero-order valence-corrected chi connectivity index (χ0v) is 10.2. The van der Waals surface area contributed by atoms with Crippen LogP contribution in [0.25, 0.3) is 0 Å². The first-order valence-corrected chi connectivity index (χ1v) is 6.47. The molecule has 96 valence electrons. The van der Waals surface area contributed by atoms with Crippen LogP contribution in [0, 0.1) is 0 Å². The molecule has 1 saturated heterocycles. The second-order valence-corrected chi connectivity index (χ2v) is 4.35. The number of H-pyrrole nitrogens is 1. The monoisotopic (exact) mass is 238 g/mol. The molecule has 0 radical (unpaired) electrons. The van der Waals surface area contributed by atoms with Gasteiger partial charge in [0.05, 0.1) is 0 Å². The van der Waals surface area contributed by atoms with Gasteiger partial charge in [-0.1, -0.05) is 25.7 Å². The number of imidazole rings is 1. The molecule has 1 aliphatic heterocycles. The van der Waals surface area contributed by atoms with E-state index in [0.29, 0.717) is 0 Å². The van der Waals surface area contributed by atoms with Gasteiger partial charge in [0, 0.05) is 25.5 Å². The van der Waals surface area contributed by atoms with E-state index in [1.807, 2.05) is 11.2 Å². The molecule has 0 bridgehead atoms. The van der Waals surface area contributed by atoms with Gasteiger partial charge in [-0.3, -0.25) is 5.01 Å². The minimum Gasteiger partial charge on any atom is -0.330 e. The van der Waals surface area contributed by atoms with Gasteiger partial charge in [0.2, 0.25) is 5.95 Å². The lowest BCUT2D eigenvalue weighted by molar-refractivity contribution is 0.392. The molecule has 0 atom stereocenters. The number of aromatic nitrogens is 2. The number of hydrogen-bond acceptors (Lipinski definition) is 5. The molecule has 1 aliphatic rings. The summed E-state index contributed by atoms with van der Waals surface area (Å²) in [5, 5.41) is 1.99. The third-order valence-corrected chi connectivity index (χ3v) is 2.95. The average Bonchev–Trinajstić information content (AvgIpc) is 2.83.